The van der Waals surface area contributed by atoms with Crippen LogP contribution in [0.25, 0.3) is 0 Å². The molecule has 0 spiro atoms. The normalized spacial score (nSPS) is 16.6. The lowest BCUT2D eigenvalue weighted by Gasteiger charge is -2.32. The fourth-order valence-electron chi connectivity index (χ4n) is 7.93. The number of aliphatic carboxylic acids is 2. The molecule has 2 aromatic rings. The second-order valence-electron chi connectivity index (χ2n) is 18.3. The summed E-state index contributed by atoms with van der Waals surface area (Å²) in [7, 11) is 0. The van der Waals surface area contributed by atoms with Crippen LogP contribution in [0.3, 0.4) is 0 Å². The molecule has 0 unspecified atom stereocenters. The zero-order chi connectivity index (χ0) is 53.7. The largest absolute Gasteiger partial charge is 0.508 e. The number of H-pyrrole nitrogens is 1. The number of aromatic hydroxyl groups is 1. The second-order valence-corrected chi connectivity index (χ2v) is 18.3. The van der Waals surface area contributed by atoms with Gasteiger partial charge in [0.2, 0.25) is 41.4 Å². The minimum atomic E-state index is -1.51. The van der Waals surface area contributed by atoms with E-state index in [1.165, 1.54) is 41.7 Å². The number of aromatic nitrogens is 2. The fourth-order valence-corrected chi connectivity index (χ4v) is 7.93. The molecule has 2 heterocycles. The second kappa shape index (κ2) is 29.1. The van der Waals surface area contributed by atoms with E-state index >= 15 is 0 Å². The number of carbonyl (C=O) groups excluding carboxylic acids is 7. The number of carboxylic acid groups (broad SMARTS) is 2. The SMILES string of the molecule is CCCC[C@H](NC(=O)[C@@H]1CCCN1C(=O)[C@H](Cc1cnc[nH]1)NC(=O)[C@@H](NC(=O)[C@H](Cc1ccc(O)cc1)NC(=O)[C@@H](NC(=O)[C@H](CCCN=C(N)N)NC(=O)[C@@H](N)CC(=O)O)C(C)C)[C@@H](C)CC)C(=O)O. The lowest BCUT2D eigenvalue weighted by Crippen LogP contribution is -2.62. The number of hydrogen-bond acceptors (Lipinski definition) is 13. The van der Waals surface area contributed by atoms with E-state index in [1.807, 2.05) is 6.92 Å². The van der Waals surface area contributed by atoms with Crippen LogP contribution in [0, 0.1) is 11.8 Å². The number of nitrogens with zero attached hydrogens (tertiary/aromatic N) is 3. The maximum atomic E-state index is 14.5. The molecule has 0 aliphatic carbocycles. The molecule has 1 aliphatic heterocycles. The Hall–Kier alpha value is -7.31. The van der Waals surface area contributed by atoms with Gasteiger partial charge in [0.25, 0.3) is 0 Å². The summed E-state index contributed by atoms with van der Waals surface area (Å²) in [6.45, 7) is 8.83. The maximum absolute atomic E-state index is 14.5. The van der Waals surface area contributed by atoms with E-state index in [2.05, 4.69) is 46.9 Å². The number of guanidine groups is 1. The number of imidazole rings is 1. The molecule has 0 saturated carbocycles. The van der Waals surface area contributed by atoms with E-state index in [9.17, 15) is 53.4 Å². The Kier molecular flexibility index (Phi) is 23.9. The first-order valence-corrected chi connectivity index (χ1v) is 24.2. The highest BCUT2D eigenvalue weighted by atomic mass is 16.4. The van der Waals surface area contributed by atoms with E-state index in [1.54, 1.807) is 27.7 Å². The van der Waals surface area contributed by atoms with Crippen LogP contribution in [0.4, 0.5) is 0 Å². The predicted molar refractivity (Wildman–Crippen MR) is 262 cm³/mol. The minimum Gasteiger partial charge on any atom is -0.508 e. The average Bonchev–Trinajstić information content (AvgIpc) is 4.04. The molecule has 1 aromatic heterocycles. The molecule has 1 saturated heterocycles. The third-order valence-corrected chi connectivity index (χ3v) is 12.3. The number of aliphatic imine (C=N–C) groups is 1. The molecule has 7 amide bonds. The van der Waals surface area contributed by atoms with Gasteiger partial charge in [-0.15, -0.1) is 0 Å². The molecule has 25 heteroatoms. The van der Waals surface area contributed by atoms with Gasteiger partial charge in [0.1, 0.15) is 48.0 Å². The molecule has 0 radical (unpaired) electrons. The lowest BCUT2D eigenvalue weighted by molar-refractivity contribution is -0.145. The summed E-state index contributed by atoms with van der Waals surface area (Å²) in [5, 5.41) is 44.8. The summed E-state index contributed by atoms with van der Waals surface area (Å²) >= 11 is 0. The highest BCUT2D eigenvalue weighted by Gasteiger charge is 2.41. The Morgan fingerprint density at radius 1 is 0.778 bits per heavy atom. The van der Waals surface area contributed by atoms with E-state index in [0.29, 0.717) is 36.9 Å². The first-order valence-electron chi connectivity index (χ1n) is 24.2. The molecule has 1 fully saturated rings. The number of benzene rings is 1. The first kappa shape index (κ1) is 59.0. The molecule has 9 atom stereocenters. The summed E-state index contributed by atoms with van der Waals surface area (Å²) in [6.07, 6.45) is 4.49. The van der Waals surface area contributed by atoms with E-state index in [-0.39, 0.29) is 63.3 Å². The van der Waals surface area contributed by atoms with Crippen LogP contribution in [0.1, 0.15) is 104 Å². The molecule has 3 rings (SSSR count). The standard InChI is InChI=1S/C47H73N13O12/c1-6-8-11-32(46(71)72)55-42(67)35-13-10-19-60(35)45(70)34(21-28-23-51-24-53-28)57-44(69)38(26(5)7-2)59-41(66)33(20-27-14-16-29(61)17-15-27)56-43(68)37(25(3)4)58-40(65)31(12-9-18-52-47(49)50)54-39(64)30(48)22-36(62)63/h14-17,23-26,30-35,37-38,61H,6-13,18-22,48H2,1-5H3,(H,51,53)(H,54,64)(H,55,67)(H,56,68)(H,57,69)(H,58,65)(H,59,66)(H,62,63)(H,71,72)(H4,49,50,52)/t26-,30-,31-,32-,33-,34-,35-,37-,38-/m0/s1. The maximum Gasteiger partial charge on any atom is 0.326 e. The zero-order valence-electron chi connectivity index (χ0n) is 41.5. The van der Waals surface area contributed by atoms with Crippen molar-refractivity contribution in [3.8, 4) is 5.75 Å². The molecule has 1 aromatic carbocycles. The summed E-state index contributed by atoms with van der Waals surface area (Å²) < 4.78 is 0. The number of phenols is 1. The van der Waals surface area contributed by atoms with E-state index in [0.717, 1.165) is 0 Å². The number of nitrogens with one attached hydrogen (secondary N) is 7. The number of hydrogen-bond donors (Lipinski definition) is 13. The summed E-state index contributed by atoms with van der Waals surface area (Å²) in [5.41, 5.74) is 17.6. The van der Waals surface area contributed by atoms with Gasteiger partial charge in [-0.05, 0) is 61.6 Å². The summed E-state index contributed by atoms with van der Waals surface area (Å²) in [6, 6.07) is -4.54. The van der Waals surface area contributed by atoms with Gasteiger partial charge < -0.3 is 74.3 Å². The third-order valence-electron chi connectivity index (χ3n) is 12.3. The van der Waals surface area contributed by atoms with Gasteiger partial charge in [-0.3, -0.25) is 43.3 Å². The lowest BCUT2D eigenvalue weighted by atomic mass is 9.96. The fraction of sp³-hybridized carbons (Fsp3) is 0.596. The van der Waals surface area contributed by atoms with Crippen molar-refractivity contribution >= 4 is 59.2 Å². The van der Waals surface area contributed by atoms with Crippen molar-refractivity contribution in [1.29, 1.82) is 0 Å². The predicted octanol–water partition coefficient (Wildman–Crippen LogP) is -1.37. The Bertz CT molecular complexity index is 2190. The molecule has 398 valence electrons. The number of carboxylic acids is 2. The van der Waals surface area contributed by atoms with Gasteiger partial charge in [0.15, 0.2) is 5.96 Å². The van der Waals surface area contributed by atoms with Crippen LogP contribution >= 0.6 is 0 Å². The van der Waals surface area contributed by atoms with Crippen molar-refractivity contribution in [3.63, 3.8) is 0 Å². The number of rotatable bonds is 30. The van der Waals surface area contributed by atoms with Crippen LogP contribution in [0.5, 0.6) is 5.75 Å². The summed E-state index contributed by atoms with van der Waals surface area (Å²) in [4.78, 5) is 133. The number of likely N-dealkylation sites (tertiary alicyclic amines) is 1. The van der Waals surface area contributed by atoms with Gasteiger partial charge in [-0.1, -0.05) is 66.0 Å². The quantitative estimate of drug-likeness (QED) is 0.0244. The van der Waals surface area contributed by atoms with Gasteiger partial charge in [0, 0.05) is 37.8 Å². The number of phenolic OH excluding ortho intramolecular Hbond substituents is 1. The highest BCUT2D eigenvalue weighted by Crippen LogP contribution is 2.21. The van der Waals surface area contributed by atoms with Crippen LogP contribution in [-0.4, -0.2) is 151 Å². The van der Waals surface area contributed by atoms with Crippen LogP contribution in [-0.2, 0) is 56.0 Å². The number of nitrogens with two attached hydrogens (primary N) is 3. The average molecular weight is 1010 g/mol. The van der Waals surface area contributed by atoms with Crippen LogP contribution in [0.15, 0.2) is 41.8 Å². The Morgan fingerprint density at radius 2 is 1.39 bits per heavy atom. The molecule has 0 bridgehead atoms. The van der Waals surface area contributed by atoms with Gasteiger partial charge >= 0.3 is 11.9 Å². The monoisotopic (exact) mass is 1010 g/mol. The Labute approximate surface area is 418 Å². The van der Waals surface area contributed by atoms with Gasteiger partial charge in [0.05, 0.1) is 18.8 Å². The van der Waals surface area contributed by atoms with Crippen LogP contribution in [0.2, 0.25) is 0 Å². The highest BCUT2D eigenvalue weighted by molar-refractivity contribution is 5.98. The van der Waals surface area contributed by atoms with Crippen molar-refractivity contribution in [1.82, 2.24) is 46.8 Å². The molecular weight excluding hydrogens is 939 g/mol. The summed E-state index contributed by atoms with van der Waals surface area (Å²) in [5.74, 6) is -9.47. The Balaban J connectivity index is 1.93. The third kappa shape index (κ3) is 18.8. The zero-order valence-corrected chi connectivity index (χ0v) is 41.5. The Morgan fingerprint density at radius 3 is 1.97 bits per heavy atom. The van der Waals surface area contributed by atoms with Crippen LogP contribution < -0.4 is 49.1 Å². The number of aromatic amines is 1. The van der Waals surface area contributed by atoms with Crippen molar-refractivity contribution < 1.29 is 58.5 Å². The van der Waals surface area contributed by atoms with E-state index < -0.39 is 120 Å². The molecule has 1 aliphatic rings. The minimum absolute atomic E-state index is 0.0554. The molecular formula is C47H73N13O12. The molecule has 72 heavy (non-hydrogen) atoms. The smallest absolute Gasteiger partial charge is 0.326 e. The van der Waals surface area contributed by atoms with Crippen molar-refractivity contribution in [2.75, 3.05) is 13.1 Å². The van der Waals surface area contributed by atoms with E-state index in [4.69, 9.17) is 22.3 Å². The molecule has 25 nitrogen and oxygen atoms in total. The van der Waals surface area contributed by atoms with Gasteiger partial charge in [-0.2, -0.15) is 0 Å². The first-order chi connectivity index (χ1) is 34.1. The number of amides is 7. The van der Waals surface area contributed by atoms with Crippen molar-refractivity contribution in [3.05, 3.63) is 48.0 Å². The number of carbonyl (C=O) groups is 9. The van der Waals surface area contributed by atoms with Crippen molar-refractivity contribution in [2.24, 2.45) is 34.0 Å². The van der Waals surface area contributed by atoms with Gasteiger partial charge in [-0.25, -0.2) is 9.78 Å². The topological polar surface area (TPSA) is 409 Å². The van der Waals surface area contributed by atoms with Crippen molar-refractivity contribution in [2.45, 2.75) is 154 Å². The molecule has 16 N–H and O–H groups in total. The number of unbranched alkanes of at least 4 members (excludes halogenated alkanes) is 1.